The minimum atomic E-state index is -0.958. The number of nitrogens with one attached hydrogen (secondary N) is 1. The summed E-state index contributed by atoms with van der Waals surface area (Å²) in [5, 5.41) is 3.95. The van der Waals surface area contributed by atoms with Crippen molar-refractivity contribution in [1.82, 2.24) is 20.0 Å². The Morgan fingerprint density at radius 1 is 1.00 bits per heavy atom. The number of rotatable bonds is 5. The number of hydrogen-bond acceptors (Lipinski definition) is 9. The van der Waals surface area contributed by atoms with Crippen LogP contribution < -0.4 is 10.1 Å². The number of thioether (sulfide) groups is 1. The van der Waals surface area contributed by atoms with E-state index in [1.54, 1.807) is 56.9 Å². The van der Waals surface area contributed by atoms with Crippen molar-refractivity contribution in [3.63, 3.8) is 0 Å². The van der Waals surface area contributed by atoms with Gasteiger partial charge in [-0.05, 0) is 86.5 Å². The average molecular weight is 810 g/mol. The van der Waals surface area contributed by atoms with Crippen LogP contribution in [0.2, 0.25) is 0 Å². The zero-order valence-electron chi connectivity index (χ0n) is 36.1. The Morgan fingerprint density at radius 3 is 2.32 bits per heavy atom. The maximum absolute atomic E-state index is 14.5. The molecule has 13 heteroatoms. The normalized spacial score (nSPS) is 28.8. The minimum absolute atomic E-state index is 0.0291. The molecule has 2 bridgehead atoms. The number of amides is 4. The molecule has 0 aliphatic carbocycles. The van der Waals surface area contributed by atoms with Gasteiger partial charge in [0.15, 0.2) is 0 Å². The second-order valence-corrected chi connectivity index (χ2v) is 18.5. The van der Waals surface area contributed by atoms with Gasteiger partial charge in [-0.15, -0.1) is 11.8 Å². The van der Waals surface area contributed by atoms with Crippen molar-refractivity contribution in [2.24, 2.45) is 22.2 Å². The Kier molecular flexibility index (Phi) is 16.2. The van der Waals surface area contributed by atoms with Gasteiger partial charge in [0.05, 0.1) is 18.2 Å². The van der Waals surface area contributed by atoms with E-state index in [1.165, 1.54) is 9.80 Å². The fraction of sp³-hybridized carbons (Fsp3) is 0.682. The standard InChI is InChI=1S/C44H67N5O7S/c1-12-28(3)38-42(53)49-23-13-14-35(49)43(54)56-36(44(6,7)8)24-27(2)15-16-29(4)39-45-32(26-57-39)19-22-37(50)46-34(25-31-17-20-33(55-11)21-18-31)41(52)47(9)30(5)40(51)48(38)10/h16-18,20-21,27-28,30,32,34-36,38H,12-15,19,22-26H2,1-11H3,(H,46,50). The van der Waals surface area contributed by atoms with Crippen molar-refractivity contribution >= 4 is 46.4 Å². The van der Waals surface area contributed by atoms with Gasteiger partial charge in [-0.3, -0.25) is 24.2 Å². The maximum Gasteiger partial charge on any atom is 0.329 e. The number of nitrogens with zero attached hydrogens (tertiary/aromatic N) is 4. The first kappa shape index (κ1) is 45.8. The number of allylic oxidation sites excluding steroid dienone is 1. The first-order chi connectivity index (χ1) is 26.9. The fourth-order valence-corrected chi connectivity index (χ4v) is 8.88. The third kappa shape index (κ3) is 11.9. The number of fused-ring (bicyclic) bond motifs is 2. The molecular weight excluding hydrogens is 743 g/mol. The lowest BCUT2D eigenvalue weighted by molar-refractivity contribution is -0.166. The van der Waals surface area contributed by atoms with Crippen LogP contribution in [0.4, 0.5) is 0 Å². The van der Waals surface area contributed by atoms with Crippen LogP contribution in [-0.4, -0.2) is 119 Å². The Bertz CT molecular complexity index is 1660. The molecule has 0 saturated carbocycles. The van der Waals surface area contributed by atoms with Crippen molar-refractivity contribution in [2.45, 2.75) is 143 Å². The summed E-state index contributed by atoms with van der Waals surface area (Å²) in [4.78, 5) is 80.0. The molecule has 0 spiro atoms. The predicted molar refractivity (Wildman–Crippen MR) is 226 cm³/mol. The van der Waals surface area contributed by atoms with Gasteiger partial charge < -0.3 is 29.5 Å². The van der Waals surface area contributed by atoms with Crippen LogP contribution in [0.3, 0.4) is 0 Å². The Hall–Kier alpha value is -3.87. The van der Waals surface area contributed by atoms with E-state index in [0.29, 0.717) is 44.4 Å². The van der Waals surface area contributed by atoms with Gasteiger partial charge in [-0.25, -0.2) is 4.79 Å². The van der Waals surface area contributed by atoms with Crippen LogP contribution in [0.5, 0.6) is 5.75 Å². The number of methoxy groups -OCH3 is 1. The van der Waals surface area contributed by atoms with Crippen molar-refractivity contribution in [3.05, 3.63) is 41.5 Å². The summed E-state index contributed by atoms with van der Waals surface area (Å²) in [5.74, 6) is -0.395. The predicted octanol–water partition coefficient (Wildman–Crippen LogP) is 6.06. The first-order valence-corrected chi connectivity index (χ1v) is 21.7. The summed E-state index contributed by atoms with van der Waals surface area (Å²) >= 11 is 1.69. The quantitative estimate of drug-likeness (QED) is 0.355. The van der Waals surface area contributed by atoms with Gasteiger partial charge >= 0.3 is 5.97 Å². The lowest BCUT2D eigenvalue weighted by Gasteiger charge is -2.39. The number of hydrogen-bond donors (Lipinski definition) is 1. The molecule has 0 aromatic heterocycles. The summed E-state index contributed by atoms with van der Waals surface area (Å²) in [6.45, 7) is 16.4. The van der Waals surface area contributed by atoms with Gasteiger partial charge in [0, 0.05) is 39.2 Å². The van der Waals surface area contributed by atoms with E-state index >= 15 is 0 Å². The highest BCUT2D eigenvalue weighted by atomic mass is 32.2. The first-order valence-electron chi connectivity index (χ1n) is 20.7. The summed E-state index contributed by atoms with van der Waals surface area (Å²) in [7, 11) is 4.73. The summed E-state index contributed by atoms with van der Waals surface area (Å²) in [6.07, 6.45) is 5.95. The molecule has 8 atom stereocenters. The third-order valence-electron chi connectivity index (χ3n) is 11.9. The van der Waals surface area contributed by atoms with E-state index < -0.39 is 42.0 Å². The molecule has 3 aliphatic rings. The number of cyclic esters (lactones) is 1. The Morgan fingerprint density at radius 2 is 1.68 bits per heavy atom. The van der Waals surface area contributed by atoms with Crippen molar-refractivity contribution < 1.29 is 33.4 Å². The molecule has 1 saturated heterocycles. The van der Waals surface area contributed by atoms with Crippen LogP contribution in [-0.2, 0) is 35.1 Å². The molecule has 1 aromatic carbocycles. The van der Waals surface area contributed by atoms with E-state index in [0.717, 1.165) is 28.4 Å². The molecule has 8 unspecified atom stereocenters. The van der Waals surface area contributed by atoms with Crippen LogP contribution >= 0.6 is 11.8 Å². The largest absolute Gasteiger partial charge is 0.497 e. The monoisotopic (exact) mass is 809 g/mol. The zero-order valence-corrected chi connectivity index (χ0v) is 36.9. The van der Waals surface area contributed by atoms with E-state index in [2.05, 4.69) is 46.0 Å². The van der Waals surface area contributed by atoms with Gasteiger partial charge in [0.25, 0.3) is 0 Å². The molecule has 1 N–H and O–H groups in total. The molecule has 4 rings (SSSR count). The highest BCUT2D eigenvalue weighted by Gasteiger charge is 2.44. The molecule has 3 aliphatic heterocycles. The van der Waals surface area contributed by atoms with Gasteiger partial charge in [0.1, 0.15) is 36.0 Å². The van der Waals surface area contributed by atoms with E-state index in [9.17, 15) is 24.0 Å². The number of likely N-dealkylation sites (N-methyl/N-ethyl adjacent to an activating group) is 2. The lowest BCUT2D eigenvalue weighted by Crippen LogP contribution is -2.59. The van der Waals surface area contributed by atoms with Crippen LogP contribution in [0.1, 0.15) is 106 Å². The van der Waals surface area contributed by atoms with Crippen molar-refractivity contribution in [1.29, 1.82) is 0 Å². The SMILES string of the molecule is CCC(C)C1C(=O)N2CCCC2C(=O)OC(C(C)(C)C)CC(C)CC=C(C)C2=NC(CCC(=O)NC(Cc3ccc(OC)cc3)C(=O)N(C)C(C)C(=O)N1C)CS2. The van der Waals surface area contributed by atoms with Gasteiger partial charge in [0.2, 0.25) is 23.6 Å². The highest BCUT2D eigenvalue weighted by molar-refractivity contribution is 8.14. The number of ether oxygens (including phenoxy) is 2. The molecule has 3 heterocycles. The van der Waals surface area contributed by atoms with Crippen LogP contribution in [0.15, 0.2) is 40.9 Å². The lowest BCUT2D eigenvalue weighted by atomic mass is 9.83. The average Bonchev–Trinajstić information content (AvgIpc) is 3.88. The zero-order chi connectivity index (χ0) is 42.2. The minimum Gasteiger partial charge on any atom is -0.497 e. The van der Waals surface area contributed by atoms with Crippen LogP contribution in [0, 0.1) is 17.3 Å². The Balaban J connectivity index is 1.69. The molecule has 1 fully saturated rings. The molecular formula is C44H67N5O7S. The summed E-state index contributed by atoms with van der Waals surface area (Å²) < 4.78 is 11.6. The number of benzene rings is 1. The number of carbonyl (C=O) groups excluding carboxylic acids is 5. The second kappa shape index (κ2) is 20.2. The fourth-order valence-electron chi connectivity index (χ4n) is 7.76. The molecule has 12 nitrogen and oxygen atoms in total. The molecule has 57 heavy (non-hydrogen) atoms. The third-order valence-corrected chi connectivity index (χ3v) is 13.2. The molecule has 316 valence electrons. The van der Waals surface area contributed by atoms with Gasteiger partial charge in [-0.2, -0.15) is 0 Å². The number of carbonyl (C=O) groups is 5. The van der Waals surface area contributed by atoms with E-state index in [1.807, 2.05) is 26.0 Å². The number of esters is 1. The van der Waals surface area contributed by atoms with Crippen LogP contribution in [0.25, 0.3) is 0 Å². The molecule has 1 aromatic rings. The smallest absolute Gasteiger partial charge is 0.329 e. The topological polar surface area (TPSA) is 138 Å². The molecule has 0 radical (unpaired) electrons. The molecule has 4 amide bonds. The van der Waals surface area contributed by atoms with E-state index in [4.69, 9.17) is 14.5 Å². The van der Waals surface area contributed by atoms with E-state index in [-0.39, 0.29) is 54.1 Å². The summed E-state index contributed by atoms with van der Waals surface area (Å²) in [6, 6.07) is 3.76. The van der Waals surface area contributed by atoms with Gasteiger partial charge in [-0.1, -0.05) is 66.2 Å². The van der Waals surface area contributed by atoms with Crippen molar-refractivity contribution in [2.75, 3.05) is 33.5 Å². The Labute approximate surface area is 344 Å². The number of aliphatic imine (C=N–C) groups is 1. The maximum atomic E-state index is 14.5. The second-order valence-electron chi connectivity index (χ2n) is 17.5. The van der Waals surface area contributed by atoms with Crippen molar-refractivity contribution in [3.8, 4) is 5.75 Å². The highest BCUT2D eigenvalue weighted by Crippen LogP contribution is 2.33. The summed E-state index contributed by atoms with van der Waals surface area (Å²) in [5.41, 5.74) is 1.58.